The summed E-state index contributed by atoms with van der Waals surface area (Å²) < 4.78 is 29.2. The molecule has 0 unspecified atom stereocenters. The number of fused-ring (bicyclic) bond motifs is 1. The van der Waals surface area contributed by atoms with Crippen LogP contribution in [0.1, 0.15) is 10.4 Å². The summed E-state index contributed by atoms with van der Waals surface area (Å²) in [6.45, 7) is 2.03. The maximum absolute atomic E-state index is 13.2. The highest BCUT2D eigenvalue weighted by molar-refractivity contribution is 7.89. The predicted molar refractivity (Wildman–Crippen MR) is 146 cm³/mol. The van der Waals surface area contributed by atoms with Crippen molar-refractivity contribution in [3.05, 3.63) is 81.6 Å². The van der Waals surface area contributed by atoms with Gasteiger partial charge in [0.25, 0.3) is 21.5 Å². The highest BCUT2D eigenvalue weighted by Gasteiger charge is 2.31. The molecule has 2 aromatic heterocycles. The number of carbonyl (C=O) groups is 1. The summed E-state index contributed by atoms with van der Waals surface area (Å²) in [6.07, 6.45) is 0. The Morgan fingerprint density at radius 2 is 1.76 bits per heavy atom. The van der Waals surface area contributed by atoms with Crippen LogP contribution in [0.15, 0.2) is 70.5 Å². The van der Waals surface area contributed by atoms with Gasteiger partial charge < -0.3 is 15.2 Å². The lowest BCUT2D eigenvalue weighted by atomic mass is 10.1. The molecule has 1 amide bonds. The molecule has 0 aliphatic carbocycles. The first-order chi connectivity index (χ1) is 18.3. The molecule has 4 aromatic rings. The molecular weight excluding hydrogens is 528 g/mol. The molecule has 1 aliphatic heterocycles. The zero-order valence-corrected chi connectivity index (χ0v) is 22.3. The number of sulfonamides is 1. The Morgan fingerprint density at radius 1 is 1.03 bits per heavy atom. The second-order valence-electron chi connectivity index (χ2n) is 9.02. The van der Waals surface area contributed by atoms with E-state index in [1.807, 2.05) is 7.05 Å². The lowest BCUT2D eigenvalue weighted by Crippen LogP contribution is -2.50. The molecule has 0 bridgehead atoms. The third kappa shape index (κ3) is 5.23. The first-order valence-electron chi connectivity index (χ1n) is 12.2. The van der Waals surface area contributed by atoms with Gasteiger partial charge in [0.05, 0.1) is 12.2 Å². The van der Waals surface area contributed by atoms with E-state index in [0.717, 1.165) is 10.9 Å². The Kier molecular flexibility index (Phi) is 7.35. The summed E-state index contributed by atoms with van der Waals surface area (Å²) in [4.78, 5) is 29.7. The van der Waals surface area contributed by atoms with Gasteiger partial charge in [0, 0.05) is 65.8 Å². The molecule has 198 valence electrons. The molecule has 12 heteroatoms. The molecule has 3 heterocycles. The van der Waals surface area contributed by atoms with Crippen molar-refractivity contribution in [1.82, 2.24) is 29.3 Å². The van der Waals surface area contributed by atoms with Gasteiger partial charge in [0.15, 0.2) is 0 Å². The minimum absolute atomic E-state index is 0.107. The monoisotopic (exact) mass is 554 g/mol. The number of H-pyrrole nitrogens is 1. The predicted octanol–water partition coefficient (Wildman–Crippen LogP) is 2.41. The lowest BCUT2D eigenvalue weighted by Gasteiger charge is -2.33. The molecule has 1 fully saturated rings. The van der Waals surface area contributed by atoms with Gasteiger partial charge in [-0.1, -0.05) is 23.7 Å². The second kappa shape index (κ2) is 10.7. The van der Waals surface area contributed by atoms with Crippen molar-refractivity contribution in [1.29, 1.82) is 0 Å². The molecule has 10 nitrogen and oxygen atoms in total. The molecule has 0 spiro atoms. The summed E-state index contributed by atoms with van der Waals surface area (Å²) in [6, 6.07) is 16.9. The van der Waals surface area contributed by atoms with Crippen molar-refractivity contribution in [3.8, 4) is 11.3 Å². The van der Waals surface area contributed by atoms with Crippen molar-refractivity contribution >= 4 is 38.4 Å². The molecule has 0 radical (unpaired) electrons. The summed E-state index contributed by atoms with van der Waals surface area (Å²) in [5, 5.41) is 8.77. The van der Waals surface area contributed by atoms with Gasteiger partial charge in [0.1, 0.15) is 5.03 Å². The van der Waals surface area contributed by atoms with Crippen LogP contribution < -0.4 is 10.9 Å². The van der Waals surface area contributed by atoms with Crippen molar-refractivity contribution in [2.45, 2.75) is 11.6 Å². The van der Waals surface area contributed by atoms with E-state index < -0.39 is 10.0 Å². The van der Waals surface area contributed by atoms with Gasteiger partial charge in [-0.2, -0.15) is 9.40 Å². The average Bonchev–Trinajstić information content (AvgIpc) is 3.37. The van der Waals surface area contributed by atoms with Crippen LogP contribution in [0, 0.1) is 0 Å². The Labute approximate surface area is 224 Å². The number of hydrogen-bond acceptors (Lipinski definition) is 6. The highest BCUT2D eigenvalue weighted by atomic mass is 35.5. The smallest absolute Gasteiger partial charge is 0.266 e. The number of nitrogens with zero attached hydrogens (tertiary/aromatic N) is 4. The zero-order valence-electron chi connectivity index (χ0n) is 20.7. The van der Waals surface area contributed by atoms with Crippen molar-refractivity contribution in [2.24, 2.45) is 0 Å². The number of benzene rings is 2. The molecule has 5 rings (SSSR count). The number of halogens is 1. The molecule has 1 saturated heterocycles. The SMILES string of the molecule is CNCCn1nc(-c2ccc(C(=O)N3CCN(S(=O)(=O)c4cc5cc(Cl)ccc5[nH]4)CC3)cc2)ccc1=O. The third-order valence-corrected chi connectivity index (χ3v) is 8.63. The average molecular weight is 555 g/mol. The van der Waals surface area contributed by atoms with Crippen LogP contribution in [-0.4, -0.2) is 78.1 Å². The fourth-order valence-electron chi connectivity index (χ4n) is 4.43. The van der Waals surface area contributed by atoms with E-state index in [2.05, 4.69) is 15.4 Å². The number of aromatic nitrogens is 3. The molecular formula is C26H27ClN6O4S. The summed E-state index contributed by atoms with van der Waals surface area (Å²) in [5.74, 6) is -0.166. The number of likely N-dealkylation sites (N-methyl/N-ethyl adjacent to an activating group) is 1. The second-order valence-corrected chi connectivity index (χ2v) is 11.4. The molecule has 2 N–H and O–H groups in total. The van der Waals surface area contributed by atoms with Crippen LogP contribution in [-0.2, 0) is 16.6 Å². The zero-order chi connectivity index (χ0) is 26.9. The lowest BCUT2D eigenvalue weighted by molar-refractivity contribution is 0.0698. The summed E-state index contributed by atoms with van der Waals surface area (Å²) >= 11 is 6.03. The molecule has 0 atom stereocenters. The van der Waals surface area contributed by atoms with Crippen LogP contribution in [0.25, 0.3) is 22.2 Å². The Morgan fingerprint density at radius 3 is 2.47 bits per heavy atom. The van der Waals surface area contributed by atoms with Gasteiger partial charge in [0.2, 0.25) is 0 Å². The maximum atomic E-state index is 13.2. The molecule has 2 aromatic carbocycles. The van der Waals surface area contributed by atoms with Crippen molar-refractivity contribution in [3.63, 3.8) is 0 Å². The highest BCUT2D eigenvalue weighted by Crippen LogP contribution is 2.25. The summed E-state index contributed by atoms with van der Waals surface area (Å²) in [7, 11) is -1.93. The van der Waals surface area contributed by atoms with Crippen LogP contribution in [0.3, 0.4) is 0 Å². The largest absolute Gasteiger partial charge is 0.345 e. The standard InChI is InChI=1S/C26H27ClN6O4S/c1-28-10-11-33-25(34)9-8-23(30-33)18-2-4-19(5-3-18)26(35)31-12-14-32(15-13-31)38(36,37)24-17-20-16-21(27)6-7-22(20)29-24/h2-9,16-17,28-29H,10-15H2,1H3. The van der Waals surface area contributed by atoms with E-state index in [9.17, 15) is 18.0 Å². The van der Waals surface area contributed by atoms with E-state index >= 15 is 0 Å². The normalized spacial score (nSPS) is 14.7. The van der Waals surface area contributed by atoms with Gasteiger partial charge in [-0.05, 0) is 49.5 Å². The first kappa shape index (κ1) is 26.1. The van der Waals surface area contributed by atoms with Crippen LogP contribution in [0.2, 0.25) is 5.02 Å². The fraction of sp³-hybridized carbons (Fsp3) is 0.269. The third-order valence-electron chi connectivity index (χ3n) is 6.57. The molecule has 38 heavy (non-hydrogen) atoms. The van der Waals surface area contributed by atoms with Crippen molar-refractivity contribution < 1.29 is 13.2 Å². The Balaban J connectivity index is 1.25. The van der Waals surface area contributed by atoms with E-state index in [1.54, 1.807) is 59.5 Å². The first-order valence-corrected chi connectivity index (χ1v) is 14.0. The van der Waals surface area contributed by atoms with Crippen LogP contribution >= 0.6 is 11.6 Å². The van der Waals surface area contributed by atoms with Gasteiger partial charge in [-0.3, -0.25) is 9.59 Å². The van der Waals surface area contributed by atoms with E-state index in [-0.39, 0.29) is 42.7 Å². The topological polar surface area (TPSA) is 120 Å². The van der Waals surface area contributed by atoms with Crippen LogP contribution in [0.4, 0.5) is 0 Å². The summed E-state index contributed by atoms with van der Waals surface area (Å²) in [5.41, 5.74) is 2.44. The number of amides is 1. The Bertz CT molecular complexity index is 1640. The minimum Gasteiger partial charge on any atom is -0.345 e. The van der Waals surface area contributed by atoms with Crippen molar-refractivity contribution in [2.75, 3.05) is 39.8 Å². The van der Waals surface area contributed by atoms with Crippen LogP contribution in [0.5, 0.6) is 0 Å². The maximum Gasteiger partial charge on any atom is 0.266 e. The number of rotatable bonds is 7. The fourth-order valence-corrected chi connectivity index (χ4v) is 6.05. The molecule has 1 aliphatic rings. The Hall–Kier alpha value is -3.51. The number of piperazine rings is 1. The van der Waals surface area contributed by atoms with E-state index in [0.29, 0.717) is 34.9 Å². The van der Waals surface area contributed by atoms with Gasteiger partial charge in [-0.25, -0.2) is 13.1 Å². The quantitative estimate of drug-likeness (QED) is 0.362. The minimum atomic E-state index is -3.74. The van der Waals surface area contributed by atoms with E-state index in [4.69, 9.17) is 11.6 Å². The number of aromatic amines is 1. The number of hydrogen-bond donors (Lipinski definition) is 2. The number of carbonyl (C=O) groups excluding carboxylic acids is 1. The van der Waals surface area contributed by atoms with Gasteiger partial charge in [-0.15, -0.1) is 0 Å². The van der Waals surface area contributed by atoms with E-state index in [1.165, 1.54) is 15.1 Å². The number of nitrogens with one attached hydrogen (secondary N) is 2. The molecule has 0 saturated carbocycles. The van der Waals surface area contributed by atoms with Gasteiger partial charge >= 0.3 is 0 Å².